The van der Waals surface area contributed by atoms with E-state index >= 15 is 0 Å². The highest BCUT2D eigenvalue weighted by Gasteiger charge is 2.38. The molecule has 2 N–H and O–H groups in total. The van der Waals surface area contributed by atoms with Crippen molar-refractivity contribution in [2.75, 3.05) is 32.8 Å². The maximum Gasteiger partial charge on any atom is 0.254 e. The molecule has 3 heterocycles. The Hall–Kier alpha value is -1.44. The first-order chi connectivity index (χ1) is 9.77. The van der Waals surface area contributed by atoms with Gasteiger partial charge >= 0.3 is 0 Å². The van der Waals surface area contributed by atoms with E-state index in [0.29, 0.717) is 26.2 Å². The van der Waals surface area contributed by atoms with Gasteiger partial charge in [-0.3, -0.25) is 9.59 Å². The van der Waals surface area contributed by atoms with Crippen LogP contribution in [0.3, 0.4) is 0 Å². The van der Waals surface area contributed by atoms with Gasteiger partial charge in [-0.1, -0.05) is 6.07 Å². The minimum absolute atomic E-state index is 0.106. The van der Waals surface area contributed by atoms with Crippen molar-refractivity contribution >= 4 is 23.2 Å². The fraction of sp³-hybridized carbons (Fsp3) is 0.538. The molecular formula is C13H17N3O3S. The van der Waals surface area contributed by atoms with Crippen molar-refractivity contribution in [1.29, 1.82) is 0 Å². The number of morpholine rings is 1. The molecule has 3 rings (SSSR count). The number of nitrogens with zero attached hydrogens (tertiary/aromatic N) is 1. The largest absolute Gasteiger partial charge is 0.366 e. The number of hydrogen-bond acceptors (Lipinski definition) is 5. The molecule has 2 aliphatic heterocycles. The lowest BCUT2D eigenvalue weighted by atomic mass is 10.1. The number of amides is 2. The monoisotopic (exact) mass is 295 g/mol. The first-order valence-corrected chi connectivity index (χ1v) is 7.59. The van der Waals surface area contributed by atoms with Gasteiger partial charge in [-0.15, -0.1) is 11.3 Å². The van der Waals surface area contributed by atoms with Crippen molar-refractivity contribution < 1.29 is 14.3 Å². The average Bonchev–Trinajstić information content (AvgIpc) is 3.01. The second kappa shape index (κ2) is 5.90. The van der Waals surface area contributed by atoms with Crippen LogP contribution in [0.2, 0.25) is 0 Å². The number of carbonyl (C=O) groups excluding carboxylic acids is 2. The number of thiophene rings is 1. The van der Waals surface area contributed by atoms with Crippen LogP contribution in [0.15, 0.2) is 17.5 Å². The molecule has 1 aromatic rings. The van der Waals surface area contributed by atoms with Crippen LogP contribution >= 0.6 is 11.3 Å². The van der Waals surface area contributed by atoms with Gasteiger partial charge in [-0.25, -0.2) is 0 Å². The Morgan fingerprint density at radius 2 is 2.35 bits per heavy atom. The van der Waals surface area contributed by atoms with Gasteiger partial charge in [0.2, 0.25) is 5.91 Å². The third-order valence-corrected chi connectivity index (χ3v) is 4.44. The van der Waals surface area contributed by atoms with Gasteiger partial charge in [0.25, 0.3) is 5.91 Å². The lowest BCUT2D eigenvalue weighted by Gasteiger charge is -2.37. The molecule has 0 spiro atoms. The summed E-state index contributed by atoms with van der Waals surface area (Å²) in [7, 11) is 0. The molecule has 2 atom stereocenters. The standard InChI is InChI=1S/C13H17N3O3S/c17-12-11(10-2-1-7-20-10)16(5-3-15-12)13(18)9-8-14-4-6-19-9/h1-2,7,9,11,14H,3-6,8H2,(H,15,17). The Labute approximate surface area is 121 Å². The molecule has 0 saturated carbocycles. The van der Waals surface area contributed by atoms with Crippen molar-refractivity contribution in [2.24, 2.45) is 0 Å². The van der Waals surface area contributed by atoms with Crippen molar-refractivity contribution in [3.8, 4) is 0 Å². The minimum atomic E-state index is -0.526. The molecule has 2 fully saturated rings. The number of nitrogens with one attached hydrogen (secondary N) is 2. The SMILES string of the molecule is O=C1NCCN(C(=O)C2CNCCO2)C1c1cccs1. The van der Waals surface area contributed by atoms with E-state index in [1.165, 1.54) is 11.3 Å². The Morgan fingerprint density at radius 3 is 3.05 bits per heavy atom. The summed E-state index contributed by atoms with van der Waals surface area (Å²) in [5.74, 6) is -0.221. The van der Waals surface area contributed by atoms with Crippen molar-refractivity contribution in [1.82, 2.24) is 15.5 Å². The fourth-order valence-corrected chi connectivity index (χ4v) is 3.38. The van der Waals surface area contributed by atoms with E-state index < -0.39 is 12.1 Å². The minimum Gasteiger partial charge on any atom is -0.366 e. The molecule has 0 aromatic carbocycles. The van der Waals surface area contributed by atoms with Gasteiger partial charge in [-0.05, 0) is 11.4 Å². The first-order valence-electron chi connectivity index (χ1n) is 6.71. The zero-order chi connectivity index (χ0) is 13.9. The number of carbonyl (C=O) groups is 2. The van der Waals surface area contributed by atoms with Crippen LogP contribution in [-0.4, -0.2) is 55.6 Å². The summed E-state index contributed by atoms with van der Waals surface area (Å²) in [5.41, 5.74) is 0. The molecule has 2 unspecified atom stereocenters. The van der Waals surface area contributed by atoms with Gasteiger partial charge in [0.1, 0.15) is 12.1 Å². The maximum absolute atomic E-state index is 12.6. The summed E-state index contributed by atoms with van der Waals surface area (Å²) in [4.78, 5) is 27.3. The highest BCUT2D eigenvalue weighted by molar-refractivity contribution is 7.10. The molecular weight excluding hydrogens is 278 g/mol. The van der Waals surface area contributed by atoms with E-state index in [0.717, 1.165) is 11.4 Å². The number of hydrogen-bond donors (Lipinski definition) is 2. The van der Waals surface area contributed by atoms with E-state index in [4.69, 9.17) is 4.74 Å². The van der Waals surface area contributed by atoms with Gasteiger partial charge in [-0.2, -0.15) is 0 Å². The van der Waals surface area contributed by atoms with Crippen LogP contribution < -0.4 is 10.6 Å². The zero-order valence-electron chi connectivity index (χ0n) is 11.0. The van der Waals surface area contributed by atoms with Crippen molar-refractivity contribution in [3.05, 3.63) is 22.4 Å². The molecule has 2 aliphatic rings. The maximum atomic E-state index is 12.6. The molecule has 0 bridgehead atoms. The normalized spacial score (nSPS) is 27.2. The lowest BCUT2D eigenvalue weighted by molar-refractivity contribution is -0.153. The van der Waals surface area contributed by atoms with E-state index in [1.807, 2.05) is 17.5 Å². The predicted octanol–water partition coefficient (Wildman–Crippen LogP) is -0.264. The number of rotatable bonds is 2. The van der Waals surface area contributed by atoms with Crippen LogP contribution in [-0.2, 0) is 14.3 Å². The zero-order valence-corrected chi connectivity index (χ0v) is 11.8. The first kappa shape index (κ1) is 13.5. The van der Waals surface area contributed by atoms with E-state index in [1.54, 1.807) is 4.90 Å². The third kappa shape index (κ3) is 2.56. The highest BCUT2D eigenvalue weighted by Crippen LogP contribution is 2.28. The Kier molecular flexibility index (Phi) is 4.00. The summed E-state index contributed by atoms with van der Waals surface area (Å²) >= 11 is 1.49. The summed E-state index contributed by atoms with van der Waals surface area (Å²) in [5, 5.41) is 7.89. The summed E-state index contributed by atoms with van der Waals surface area (Å²) in [6, 6.07) is 3.26. The second-order valence-electron chi connectivity index (χ2n) is 4.80. The Morgan fingerprint density at radius 1 is 1.45 bits per heavy atom. The lowest BCUT2D eigenvalue weighted by Crippen LogP contribution is -2.57. The third-order valence-electron chi connectivity index (χ3n) is 3.51. The molecule has 20 heavy (non-hydrogen) atoms. The van der Waals surface area contributed by atoms with Crippen molar-refractivity contribution in [3.63, 3.8) is 0 Å². The summed E-state index contributed by atoms with van der Waals surface area (Å²) < 4.78 is 5.51. The van der Waals surface area contributed by atoms with Crippen LogP contribution in [0.5, 0.6) is 0 Å². The van der Waals surface area contributed by atoms with E-state index in [9.17, 15) is 9.59 Å². The molecule has 2 amide bonds. The molecule has 6 nitrogen and oxygen atoms in total. The molecule has 108 valence electrons. The summed E-state index contributed by atoms with van der Waals surface area (Å²) in [6.45, 7) is 2.81. The van der Waals surface area contributed by atoms with Gasteiger partial charge in [0.15, 0.2) is 0 Å². The molecule has 0 aliphatic carbocycles. The van der Waals surface area contributed by atoms with Crippen LogP contribution in [0.1, 0.15) is 10.9 Å². The molecule has 2 saturated heterocycles. The molecule has 7 heteroatoms. The topological polar surface area (TPSA) is 70.7 Å². The summed E-state index contributed by atoms with van der Waals surface area (Å²) in [6.07, 6.45) is -0.489. The van der Waals surface area contributed by atoms with Crippen LogP contribution in [0, 0.1) is 0 Å². The van der Waals surface area contributed by atoms with Crippen molar-refractivity contribution in [2.45, 2.75) is 12.1 Å². The van der Waals surface area contributed by atoms with E-state index in [-0.39, 0.29) is 11.8 Å². The average molecular weight is 295 g/mol. The van der Waals surface area contributed by atoms with Gasteiger partial charge in [0, 0.05) is 31.1 Å². The van der Waals surface area contributed by atoms with Gasteiger partial charge in [0.05, 0.1) is 6.61 Å². The number of piperazine rings is 1. The Bertz CT molecular complexity index is 485. The molecule has 1 aromatic heterocycles. The molecule has 0 radical (unpaired) electrons. The highest BCUT2D eigenvalue weighted by atomic mass is 32.1. The van der Waals surface area contributed by atoms with Crippen LogP contribution in [0.25, 0.3) is 0 Å². The fourth-order valence-electron chi connectivity index (χ4n) is 2.54. The smallest absolute Gasteiger partial charge is 0.254 e. The van der Waals surface area contributed by atoms with Gasteiger partial charge < -0.3 is 20.3 Å². The Balaban J connectivity index is 1.81. The van der Waals surface area contributed by atoms with Crippen LogP contribution in [0.4, 0.5) is 0 Å². The van der Waals surface area contributed by atoms with E-state index in [2.05, 4.69) is 10.6 Å². The quantitative estimate of drug-likeness (QED) is 0.788. The predicted molar refractivity (Wildman–Crippen MR) is 74.4 cm³/mol. The second-order valence-corrected chi connectivity index (χ2v) is 5.78. The number of ether oxygens (including phenoxy) is 1.